The standard InChI is InChI=1S/C31H38N4O7S/c1-20-17-35(21(2)19-36)31(38)27-14-24(22-9-7-10-23(13-22)30(37)33(3)4)16-32-29(27)42-28(20)18-34(5)43(39,40)26-12-8-11-25(15-26)41-6/h7-16,20-21,28,36H,17-19H2,1-6H3/t20-,21-,28+/m0/s1. The van der Waals surface area contributed by atoms with E-state index in [-0.39, 0.29) is 53.8 Å². The van der Waals surface area contributed by atoms with Gasteiger partial charge in [0.05, 0.1) is 31.2 Å². The van der Waals surface area contributed by atoms with Gasteiger partial charge in [-0.25, -0.2) is 13.4 Å². The molecule has 0 saturated carbocycles. The van der Waals surface area contributed by atoms with Crippen LogP contribution in [0.25, 0.3) is 11.1 Å². The molecule has 0 spiro atoms. The zero-order chi connectivity index (χ0) is 31.5. The number of aromatic nitrogens is 1. The third kappa shape index (κ3) is 6.82. The lowest BCUT2D eigenvalue weighted by atomic mass is 9.99. The number of benzene rings is 2. The molecule has 0 unspecified atom stereocenters. The molecule has 1 aliphatic rings. The van der Waals surface area contributed by atoms with Crippen LogP contribution in [-0.4, -0.2) is 105 Å². The van der Waals surface area contributed by atoms with Gasteiger partial charge in [-0.2, -0.15) is 4.31 Å². The van der Waals surface area contributed by atoms with Gasteiger partial charge in [-0.3, -0.25) is 9.59 Å². The fourth-order valence-corrected chi connectivity index (χ4v) is 6.08. The molecule has 2 heterocycles. The Bertz CT molecular complexity index is 1590. The molecule has 3 aromatic rings. The Morgan fingerprint density at radius 3 is 2.53 bits per heavy atom. The molecular formula is C31H38N4O7S. The number of amides is 2. The number of pyridine rings is 1. The number of fused-ring (bicyclic) bond motifs is 1. The van der Waals surface area contributed by atoms with Crippen LogP contribution in [0, 0.1) is 5.92 Å². The van der Waals surface area contributed by atoms with Crippen molar-refractivity contribution in [2.24, 2.45) is 5.92 Å². The summed E-state index contributed by atoms with van der Waals surface area (Å²) in [5.74, 6) is -0.359. The molecule has 43 heavy (non-hydrogen) atoms. The quantitative estimate of drug-likeness (QED) is 0.392. The van der Waals surface area contributed by atoms with E-state index < -0.39 is 22.2 Å². The Labute approximate surface area is 252 Å². The number of carbonyl (C=O) groups is 2. The van der Waals surface area contributed by atoms with Crippen molar-refractivity contribution in [2.45, 2.75) is 30.9 Å². The van der Waals surface area contributed by atoms with Crippen molar-refractivity contribution < 1.29 is 32.6 Å². The highest BCUT2D eigenvalue weighted by Gasteiger charge is 2.36. The van der Waals surface area contributed by atoms with Crippen molar-refractivity contribution in [3.63, 3.8) is 0 Å². The van der Waals surface area contributed by atoms with Crippen LogP contribution in [0.1, 0.15) is 34.6 Å². The molecule has 0 radical (unpaired) electrons. The number of rotatable bonds is 9. The maximum Gasteiger partial charge on any atom is 0.259 e. The van der Waals surface area contributed by atoms with Crippen molar-refractivity contribution in [3.05, 3.63) is 71.9 Å². The van der Waals surface area contributed by atoms with E-state index in [0.717, 1.165) is 0 Å². The Balaban J connectivity index is 1.72. The minimum absolute atomic E-state index is 0.0200. The highest BCUT2D eigenvalue weighted by molar-refractivity contribution is 7.89. The zero-order valence-electron chi connectivity index (χ0n) is 25.2. The van der Waals surface area contributed by atoms with Crippen LogP contribution in [0.2, 0.25) is 0 Å². The topological polar surface area (TPSA) is 130 Å². The third-order valence-corrected chi connectivity index (χ3v) is 9.38. The first-order valence-corrected chi connectivity index (χ1v) is 15.3. The monoisotopic (exact) mass is 610 g/mol. The number of hydrogen-bond acceptors (Lipinski definition) is 8. The number of sulfonamides is 1. The van der Waals surface area contributed by atoms with E-state index in [4.69, 9.17) is 9.47 Å². The fraction of sp³-hybridized carbons (Fsp3) is 0.387. The molecule has 2 amide bonds. The summed E-state index contributed by atoms with van der Waals surface area (Å²) >= 11 is 0. The molecule has 1 N–H and O–H groups in total. The van der Waals surface area contributed by atoms with Gasteiger partial charge in [0.1, 0.15) is 17.4 Å². The predicted molar refractivity (Wildman–Crippen MR) is 162 cm³/mol. The van der Waals surface area contributed by atoms with Gasteiger partial charge in [0.2, 0.25) is 15.9 Å². The number of carbonyl (C=O) groups excluding carboxylic acids is 2. The molecule has 0 saturated heterocycles. The summed E-state index contributed by atoms with van der Waals surface area (Å²) in [6.07, 6.45) is 0.885. The Morgan fingerprint density at radius 1 is 1.14 bits per heavy atom. The average molecular weight is 611 g/mol. The molecule has 230 valence electrons. The third-order valence-electron chi connectivity index (χ3n) is 7.56. The lowest BCUT2D eigenvalue weighted by Crippen LogP contribution is -2.50. The molecule has 2 aromatic carbocycles. The van der Waals surface area contributed by atoms with Gasteiger partial charge in [-0.15, -0.1) is 0 Å². The van der Waals surface area contributed by atoms with Crippen LogP contribution in [-0.2, 0) is 10.0 Å². The maximum atomic E-state index is 13.8. The molecule has 11 nitrogen and oxygen atoms in total. The van der Waals surface area contributed by atoms with Crippen LogP contribution in [0.15, 0.2) is 65.7 Å². The second kappa shape index (κ2) is 13.1. The van der Waals surface area contributed by atoms with Crippen molar-refractivity contribution in [3.8, 4) is 22.8 Å². The Morgan fingerprint density at radius 2 is 1.86 bits per heavy atom. The predicted octanol–water partition coefficient (Wildman–Crippen LogP) is 3.00. The van der Waals surface area contributed by atoms with Crippen molar-refractivity contribution >= 4 is 21.8 Å². The summed E-state index contributed by atoms with van der Waals surface area (Å²) in [5.41, 5.74) is 1.95. The van der Waals surface area contributed by atoms with Crippen LogP contribution >= 0.6 is 0 Å². The Hall–Kier alpha value is -4.00. The summed E-state index contributed by atoms with van der Waals surface area (Å²) < 4.78 is 39.6. The maximum absolute atomic E-state index is 13.8. The summed E-state index contributed by atoms with van der Waals surface area (Å²) in [6, 6.07) is 14.4. The molecule has 12 heteroatoms. The number of aliphatic hydroxyl groups excluding tert-OH is 1. The summed E-state index contributed by atoms with van der Waals surface area (Å²) in [6.45, 7) is 3.55. The molecular weight excluding hydrogens is 572 g/mol. The molecule has 0 bridgehead atoms. The van der Waals surface area contributed by atoms with Gasteiger partial charge in [-0.1, -0.05) is 25.1 Å². The average Bonchev–Trinajstić information content (AvgIpc) is 3.01. The lowest BCUT2D eigenvalue weighted by molar-refractivity contribution is 0.0373. The minimum atomic E-state index is -3.90. The minimum Gasteiger partial charge on any atom is -0.497 e. The summed E-state index contributed by atoms with van der Waals surface area (Å²) in [4.78, 5) is 34.0. The van der Waals surface area contributed by atoms with Crippen molar-refractivity contribution in [1.82, 2.24) is 19.1 Å². The highest BCUT2D eigenvalue weighted by Crippen LogP contribution is 2.31. The highest BCUT2D eigenvalue weighted by atomic mass is 32.2. The van der Waals surface area contributed by atoms with Gasteiger partial charge < -0.3 is 24.4 Å². The van der Waals surface area contributed by atoms with Gasteiger partial charge >= 0.3 is 0 Å². The smallest absolute Gasteiger partial charge is 0.259 e. The first kappa shape index (κ1) is 31.9. The number of likely N-dealkylation sites (N-methyl/N-ethyl adjacent to an activating group) is 1. The van der Waals surface area contributed by atoms with Crippen molar-refractivity contribution in [1.29, 1.82) is 0 Å². The van der Waals surface area contributed by atoms with E-state index in [2.05, 4.69) is 4.98 Å². The molecule has 0 fully saturated rings. The first-order valence-electron chi connectivity index (χ1n) is 13.9. The van der Waals surface area contributed by atoms with Crippen LogP contribution in [0.3, 0.4) is 0 Å². The second-order valence-electron chi connectivity index (χ2n) is 10.9. The first-order chi connectivity index (χ1) is 20.4. The molecule has 0 aliphatic carbocycles. The van der Waals surface area contributed by atoms with Gasteiger partial charge in [0, 0.05) is 57.0 Å². The van der Waals surface area contributed by atoms with Crippen LogP contribution in [0.5, 0.6) is 11.6 Å². The molecule has 1 aromatic heterocycles. The summed E-state index contributed by atoms with van der Waals surface area (Å²) in [7, 11) is 2.39. The molecule has 1 aliphatic heterocycles. The van der Waals surface area contributed by atoms with Crippen LogP contribution < -0.4 is 9.47 Å². The summed E-state index contributed by atoms with van der Waals surface area (Å²) in [5, 5.41) is 9.97. The number of methoxy groups -OCH3 is 1. The molecule has 3 atom stereocenters. The zero-order valence-corrected chi connectivity index (χ0v) is 26.0. The van der Waals surface area contributed by atoms with Gasteiger partial charge in [-0.05, 0) is 42.8 Å². The van der Waals surface area contributed by atoms with E-state index in [1.807, 2.05) is 13.0 Å². The van der Waals surface area contributed by atoms with Gasteiger partial charge in [0.15, 0.2) is 0 Å². The number of nitrogens with zero attached hydrogens (tertiary/aromatic N) is 4. The van der Waals surface area contributed by atoms with Crippen molar-refractivity contribution in [2.75, 3.05) is 47.9 Å². The van der Waals surface area contributed by atoms with E-state index in [1.54, 1.807) is 68.5 Å². The SMILES string of the molecule is COc1cccc(S(=O)(=O)N(C)C[C@H]2Oc3ncc(-c4cccc(C(=O)N(C)C)c4)cc3C(=O)N([C@@H](C)CO)C[C@@H]2C)c1. The second-order valence-corrected chi connectivity index (χ2v) is 13.0. The van der Waals surface area contributed by atoms with E-state index >= 15 is 0 Å². The Kier molecular flexibility index (Phi) is 9.73. The number of ether oxygens (including phenoxy) is 2. The van der Waals surface area contributed by atoms with E-state index in [0.29, 0.717) is 22.4 Å². The molecule has 4 rings (SSSR count). The van der Waals surface area contributed by atoms with Gasteiger partial charge in [0.25, 0.3) is 11.8 Å². The van der Waals surface area contributed by atoms with Crippen LogP contribution in [0.4, 0.5) is 0 Å². The van der Waals surface area contributed by atoms with E-state index in [9.17, 15) is 23.1 Å². The number of hydrogen-bond donors (Lipinski definition) is 1. The van der Waals surface area contributed by atoms with E-state index in [1.165, 1.54) is 35.5 Å². The largest absolute Gasteiger partial charge is 0.497 e. The normalized spacial score (nSPS) is 17.9. The lowest BCUT2D eigenvalue weighted by Gasteiger charge is -2.37. The fourth-order valence-electron chi connectivity index (χ4n) is 4.86. The number of aliphatic hydroxyl groups is 1.